The van der Waals surface area contributed by atoms with Crippen molar-refractivity contribution >= 4 is 5.97 Å². The molecule has 0 bridgehead atoms. The van der Waals surface area contributed by atoms with Crippen LogP contribution in [0.4, 0.5) is 0 Å². The number of rotatable bonds is 5. The van der Waals surface area contributed by atoms with E-state index in [1.54, 1.807) is 0 Å². The molecule has 1 saturated heterocycles. The average Bonchev–Trinajstić information content (AvgIpc) is 2.71. The fourth-order valence-corrected chi connectivity index (χ4v) is 2.10. The van der Waals surface area contributed by atoms with Crippen LogP contribution >= 0.6 is 0 Å². The third kappa shape index (κ3) is 3.18. The van der Waals surface area contributed by atoms with Crippen molar-refractivity contribution in [2.75, 3.05) is 26.7 Å². The molecule has 1 N–H and O–H groups in total. The molecular weight excluding hydrogens is 192 g/mol. The Hall–Kier alpha value is -0.610. The van der Waals surface area contributed by atoms with Gasteiger partial charge in [-0.2, -0.15) is 0 Å². The van der Waals surface area contributed by atoms with Gasteiger partial charge < -0.3 is 10.1 Å². The number of likely N-dealkylation sites (N-methyl/N-ethyl adjacent to an activating group) is 1. The summed E-state index contributed by atoms with van der Waals surface area (Å²) < 4.78 is 5.07. The fourth-order valence-electron chi connectivity index (χ4n) is 2.10. The molecule has 0 radical (unpaired) electrons. The van der Waals surface area contributed by atoms with Crippen LogP contribution in [-0.2, 0) is 9.53 Å². The van der Waals surface area contributed by atoms with Crippen LogP contribution in [0, 0.1) is 0 Å². The lowest BCUT2D eigenvalue weighted by Gasteiger charge is -2.30. The van der Waals surface area contributed by atoms with E-state index in [0.717, 1.165) is 25.9 Å². The van der Waals surface area contributed by atoms with Crippen LogP contribution in [0.2, 0.25) is 0 Å². The molecule has 0 amide bonds. The quantitative estimate of drug-likeness (QED) is 0.681. The van der Waals surface area contributed by atoms with Gasteiger partial charge in [0.25, 0.3) is 0 Å². The first-order valence-corrected chi connectivity index (χ1v) is 5.80. The monoisotopic (exact) mass is 214 g/mol. The van der Waals surface area contributed by atoms with E-state index in [9.17, 15) is 4.79 Å². The Morgan fingerprint density at radius 3 is 2.80 bits per heavy atom. The molecule has 4 nitrogen and oxygen atoms in total. The number of carbonyl (C=O) groups excluding carboxylic acids is 1. The largest absolute Gasteiger partial charge is 0.465 e. The molecule has 1 aliphatic rings. The Morgan fingerprint density at radius 1 is 1.60 bits per heavy atom. The Labute approximate surface area is 92.0 Å². The van der Waals surface area contributed by atoms with Crippen molar-refractivity contribution in [2.24, 2.45) is 0 Å². The lowest BCUT2D eigenvalue weighted by molar-refractivity contribution is -0.149. The maximum atomic E-state index is 11.7. The normalized spacial score (nSPS) is 23.1. The van der Waals surface area contributed by atoms with Crippen LogP contribution in [0.25, 0.3) is 0 Å². The number of carbonyl (C=O) groups is 1. The molecular formula is C11H22N2O2. The topological polar surface area (TPSA) is 41.6 Å². The van der Waals surface area contributed by atoms with E-state index < -0.39 is 0 Å². The standard InChI is InChI=1S/C11H22N2O2/c1-4-10(11(14)15-5-2)13(3)9-6-7-12-8-9/h9-10,12H,4-8H2,1-3H3. The van der Waals surface area contributed by atoms with Crippen molar-refractivity contribution < 1.29 is 9.53 Å². The third-order valence-electron chi connectivity index (χ3n) is 3.05. The van der Waals surface area contributed by atoms with Gasteiger partial charge in [-0.25, -0.2) is 0 Å². The van der Waals surface area contributed by atoms with E-state index in [0.29, 0.717) is 12.6 Å². The summed E-state index contributed by atoms with van der Waals surface area (Å²) in [6.45, 7) is 6.37. The van der Waals surface area contributed by atoms with Crippen molar-refractivity contribution in [1.29, 1.82) is 0 Å². The second-order valence-corrected chi connectivity index (χ2v) is 3.99. The number of hydrogen-bond acceptors (Lipinski definition) is 4. The van der Waals surface area contributed by atoms with Crippen molar-refractivity contribution in [1.82, 2.24) is 10.2 Å². The number of ether oxygens (including phenoxy) is 1. The van der Waals surface area contributed by atoms with E-state index in [1.807, 2.05) is 20.9 Å². The van der Waals surface area contributed by atoms with Crippen molar-refractivity contribution in [3.8, 4) is 0 Å². The number of hydrogen-bond donors (Lipinski definition) is 1. The van der Waals surface area contributed by atoms with Gasteiger partial charge in [-0.15, -0.1) is 0 Å². The molecule has 0 aliphatic carbocycles. The highest BCUT2D eigenvalue weighted by atomic mass is 16.5. The first-order chi connectivity index (χ1) is 7.20. The molecule has 0 aromatic heterocycles. The molecule has 1 aliphatic heterocycles. The Kier molecular flexibility index (Phi) is 5.05. The van der Waals surface area contributed by atoms with Gasteiger partial charge in [0.1, 0.15) is 6.04 Å². The summed E-state index contributed by atoms with van der Waals surface area (Å²) >= 11 is 0. The zero-order chi connectivity index (χ0) is 11.3. The van der Waals surface area contributed by atoms with Gasteiger partial charge in [0.2, 0.25) is 0 Å². The number of esters is 1. The van der Waals surface area contributed by atoms with Gasteiger partial charge in [0.05, 0.1) is 6.61 Å². The van der Waals surface area contributed by atoms with Crippen LogP contribution < -0.4 is 5.32 Å². The van der Waals surface area contributed by atoms with E-state index in [-0.39, 0.29) is 12.0 Å². The SMILES string of the molecule is CCOC(=O)C(CC)N(C)C1CCNC1. The molecule has 4 heteroatoms. The predicted octanol–water partition coefficient (Wildman–Crippen LogP) is 0.622. The second kappa shape index (κ2) is 6.08. The second-order valence-electron chi connectivity index (χ2n) is 3.99. The van der Waals surface area contributed by atoms with Gasteiger partial charge in [-0.3, -0.25) is 9.69 Å². The zero-order valence-electron chi connectivity index (χ0n) is 9.95. The minimum Gasteiger partial charge on any atom is -0.465 e. The minimum absolute atomic E-state index is 0.0881. The minimum atomic E-state index is -0.0885. The third-order valence-corrected chi connectivity index (χ3v) is 3.05. The summed E-state index contributed by atoms with van der Waals surface area (Å²) in [5.74, 6) is -0.0885. The summed E-state index contributed by atoms with van der Waals surface area (Å²) in [6, 6.07) is 0.384. The maximum absolute atomic E-state index is 11.7. The van der Waals surface area contributed by atoms with Crippen molar-refractivity contribution in [3.63, 3.8) is 0 Å². The molecule has 1 rings (SSSR count). The lowest BCUT2D eigenvalue weighted by Crippen LogP contribution is -2.46. The van der Waals surface area contributed by atoms with Gasteiger partial charge in [-0.05, 0) is 33.4 Å². The molecule has 1 fully saturated rings. The van der Waals surface area contributed by atoms with E-state index >= 15 is 0 Å². The number of nitrogens with zero attached hydrogens (tertiary/aromatic N) is 1. The average molecular weight is 214 g/mol. The van der Waals surface area contributed by atoms with Gasteiger partial charge in [0, 0.05) is 12.6 Å². The molecule has 0 saturated carbocycles. The predicted molar refractivity (Wildman–Crippen MR) is 59.7 cm³/mol. The van der Waals surface area contributed by atoms with E-state index in [1.165, 1.54) is 0 Å². The van der Waals surface area contributed by atoms with Gasteiger partial charge >= 0.3 is 5.97 Å². The van der Waals surface area contributed by atoms with Crippen molar-refractivity contribution in [2.45, 2.75) is 38.8 Å². The first-order valence-electron chi connectivity index (χ1n) is 5.80. The van der Waals surface area contributed by atoms with Crippen LogP contribution in [-0.4, -0.2) is 49.7 Å². The summed E-state index contributed by atoms with van der Waals surface area (Å²) in [7, 11) is 2.02. The van der Waals surface area contributed by atoms with Crippen LogP contribution in [0.3, 0.4) is 0 Å². The van der Waals surface area contributed by atoms with Gasteiger partial charge in [-0.1, -0.05) is 6.92 Å². The highest BCUT2D eigenvalue weighted by Crippen LogP contribution is 2.13. The smallest absolute Gasteiger partial charge is 0.323 e. The van der Waals surface area contributed by atoms with Crippen LogP contribution in [0.1, 0.15) is 26.7 Å². The molecule has 0 spiro atoms. The Bertz CT molecular complexity index is 203. The summed E-state index contributed by atoms with van der Waals surface area (Å²) in [5, 5.41) is 3.31. The van der Waals surface area contributed by atoms with Crippen molar-refractivity contribution in [3.05, 3.63) is 0 Å². The molecule has 1 heterocycles. The first kappa shape index (κ1) is 12.5. The zero-order valence-corrected chi connectivity index (χ0v) is 9.95. The van der Waals surface area contributed by atoms with Gasteiger partial charge in [0.15, 0.2) is 0 Å². The summed E-state index contributed by atoms with van der Waals surface area (Å²) in [6.07, 6.45) is 1.93. The fraction of sp³-hybridized carbons (Fsp3) is 0.909. The molecule has 0 aromatic carbocycles. The van der Waals surface area contributed by atoms with Crippen LogP contribution in [0.5, 0.6) is 0 Å². The van der Waals surface area contributed by atoms with E-state index in [4.69, 9.17) is 4.74 Å². The highest BCUT2D eigenvalue weighted by molar-refractivity contribution is 5.75. The van der Waals surface area contributed by atoms with E-state index in [2.05, 4.69) is 10.2 Å². The molecule has 2 atom stereocenters. The molecule has 0 aromatic rings. The number of nitrogens with one attached hydrogen (secondary N) is 1. The maximum Gasteiger partial charge on any atom is 0.323 e. The summed E-state index contributed by atoms with van der Waals surface area (Å²) in [5.41, 5.74) is 0. The Balaban J connectivity index is 2.52. The Morgan fingerprint density at radius 2 is 2.33 bits per heavy atom. The molecule has 88 valence electrons. The highest BCUT2D eigenvalue weighted by Gasteiger charge is 2.29. The molecule has 2 unspecified atom stereocenters. The summed E-state index contributed by atoms with van der Waals surface area (Å²) in [4.78, 5) is 13.8. The molecule has 15 heavy (non-hydrogen) atoms. The van der Waals surface area contributed by atoms with Crippen LogP contribution in [0.15, 0.2) is 0 Å². The lowest BCUT2D eigenvalue weighted by atomic mass is 10.1.